The van der Waals surface area contributed by atoms with E-state index in [0.29, 0.717) is 0 Å². The second-order valence-electron chi connectivity index (χ2n) is 5.20. The largest absolute Gasteiger partial charge is 0.356 e. The van der Waals surface area contributed by atoms with Crippen LogP contribution in [0.15, 0.2) is 17.3 Å². The smallest absolute Gasteiger partial charge is 0.191 e. The molecule has 1 fully saturated rings. The van der Waals surface area contributed by atoms with Crippen LogP contribution in [0.3, 0.4) is 0 Å². The maximum absolute atomic E-state index is 4.24. The van der Waals surface area contributed by atoms with E-state index >= 15 is 0 Å². The minimum atomic E-state index is 0. The van der Waals surface area contributed by atoms with E-state index in [2.05, 4.69) is 25.6 Å². The van der Waals surface area contributed by atoms with Gasteiger partial charge in [-0.3, -0.25) is 9.67 Å². The molecule has 120 valence electrons. The summed E-state index contributed by atoms with van der Waals surface area (Å²) in [6, 6.07) is 2.01. The van der Waals surface area contributed by atoms with Crippen LogP contribution in [0, 0.1) is 0 Å². The number of aromatic nitrogens is 2. The van der Waals surface area contributed by atoms with E-state index in [0.717, 1.165) is 31.2 Å². The minimum Gasteiger partial charge on any atom is -0.356 e. The first-order valence-electron chi connectivity index (χ1n) is 7.43. The summed E-state index contributed by atoms with van der Waals surface area (Å²) in [5.41, 5.74) is 1.14. The second kappa shape index (κ2) is 9.99. The van der Waals surface area contributed by atoms with Gasteiger partial charge in [0.25, 0.3) is 0 Å². The number of aryl methyl sites for hydroxylation is 1. The van der Waals surface area contributed by atoms with Crippen LogP contribution in [0.2, 0.25) is 0 Å². The highest BCUT2D eigenvalue weighted by Gasteiger charge is 2.10. The highest BCUT2D eigenvalue weighted by molar-refractivity contribution is 14.0. The zero-order chi connectivity index (χ0) is 14.2. The van der Waals surface area contributed by atoms with Crippen molar-refractivity contribution in [3.8, 4) is 0 Å². The van der Waals surface area contributed by atoms with E-state index in [4.69, 9.17) is 0 Å². The molecule has 1 aliphatic rings. The summed E-state index contributed by atoms with van der Waals surface area (Å²) in [4.78, 5) is 6.77. The first-order valence-corrected chi connectivity index (χ1v) is 7.43. The van der Waals surface area contributed by atoms with E-state index in [1.807, 2.05) is 24.0 Å². The molecular weight excluding hydrogens is 379 g/mol. The molecule has 7 heteroatoms. The van der Waals surface area contributed by atoms with Gasteiger partial charge in [-0.25, -0.2) is 0 Å². The van der Waals surface area contributed by atoms with E-state index < -0.39 is 0 Å². The van der Waals surface area contributed by atoms with Crippen LogP contribution in [-0.2, 0) is 13.6 Å². The Balaban J connectivity index is 0.00000220. The highest BCUT2D eigenvalue weighted by atomic mass is 127. The summed E-state index contributed by atoms with van der Waals surface area (Å²) in [7, 11) is 3.75. The number of likely N-dealkylation sites (tertiary alicyclic amines) is 1. The Hall–Kier alpha value is -0.830. The normalized spacial score (nSPS) is 15.8. The topological polar surface area (TPSA) is 57.5 Å². The first-order chi connectivity index (χ1) is 9.79. The molecule has 0 unspecified atom stereocenters. The summed E-state index contributed by atoms with van der Waals surface area (Å²) >= 11 is 0. The van der Waals surface area contributed by atoms with Crippen molar-refractivity contribution in [2.24, 2.45) is 12.0 Å². The fraction of sp³-hybridized carbons (Fsp3) is 0.714. The van der Waals surface area contributed by atoms with Crippen LogP contribution in [-0.4, -0.2) is 53.9 Å². The summed E-state index contributed by atoms with van der Waals surface area (Å²) in [5, 5.41) is 10.8. The molecule has 1 aromatic rings. The summed E-state index contributed by atoms with van der Waals surface area (Å²) in [6.45, 7) is 5.43. The number of guanidine groups is 1. The molecular formula is C14H27IN6. The standard InChI is InChI=1S/C14H26N6.HI/c1-15-14(17-12-13-6-8-18-19(13)2)16-7-5-11-20-9-3-4-10-20;/h6,8H,3-5,7,9-12H2,1-2H3,(H2,15,16,17);1H. The Morgan fingerprint density at radius 1 is 1.33 bits per heavy atom. The van der Waals surface area contributed by atoms with E-state index in [-0.39, 0.29) is 24.0 Å². The van der Waals surface area contributed by atoms with E-state index in [9.17, 15) is 0 Å². The molecule has 2 rings (SSSR count). The average Bonchev–Trinajstić information content (AvgIpc) is 3.10. The van der Waals surface area contributed by atoms with Crippen LogP contribution in [0.25, 0.3) is 0 Å². The summed E-state index contributed by atoms with van der Waals surface area (Å²) in [6.07, 6.45) is 5.69. The fourth-order valence-corrected chi connectivity index (χ4v) is 2.49. The third-order valence-electron chi connectivity index (χ3n) is 3.73. The molecule has 0 amide bonds. The molecule has 2 N–H and O–H groups in total. The SMILES string of the molecule is CN=C(NCCCN1CCCC1)NCc1ccnn1C.I. The summed E-state index contributed by atoms with van der Waals surface area (Å²) < 4.78 is 1.87. The highest BCUT2D eigenvalue weighted by Crippen LogP contribution is 2.06. The third kappa shape index (κ3) is 6.21. The van der Waals surface area contributed by atoms with Crippen LogP contribution >= 0.6 is 24.0 Å². The van der Waals surface area contributed by atoms with Crippen LogP contribution in [0.5, 0.6) is 0 Å². The zero-order valence-corrected chi connectivity index (χ0v) is 15.3. The maximum Gasteiger partial charge on any atom is 0.191 e. The minimum absolute atomic E-state index is 0. The van der Waals surface area contributed by atoms with Gasteiger partial charge in [0.15, 0.2) is 5.96 Å². The van der Waals surface area contributed by atoms with Crippen molar-refractivity contribution in [2.75, 3.05) is 33.2 Å². The van der Waals surface area contributed by atoms with Crippen molar-refractivity contribution in [1.29, 1.82) is 0 Å². The van der Waals surface area contributed by atoms with Gasteiger partial charge in [-0.1, -0.05) is 0 Å². The van der Waals surface area contributed by atoms with Crippen molar-refractivity contribution in [1.82, 2.24) is 25.3 Å². The lowest BCUT2D eigenvalue weighted by atomic mass is 10.4. The van der Waals surface area contributed by atoms with Gasteiger partial charge in [0.05, 0.1) is 12.2 Å². The van der Waals surface area contributed by atoms with Crippen molar-refractivity contribution in [3.05, 3.63) is 18.0 Å². The zero-order valence-electron chi connectivity index (χ0n) is 13.0. The molecule has 21 heavy (non-hydrogen) atoms. The molecule has 0 saturated carbocycles. The molecule has 0 atom stereocenters. The van der Waals surface area contributed by atoms with E-state index in [1.54, 1.807) is 7.05 Å². The predicted octanol–water partition coefficient (Wildman–Crippen LogP) is 1.19. The van der Waals surface area contributed by atoms with Gasteiger partial charge < -0.3 is 15.5 Å². The number of nitrogens with one attached hydrogen (secondary N) is 2. The number of hydrogen-bond donors (Lipinski definition) is 2. The lowest BCUT2D eigenvalue weighted by Crippen LogP contribution is -2.38. The van der Waals surface area contributed by atoms with E-state index in [1.165, 1.54) is 32.5 Å². The molecule has 0 radical (unpaired) electrons. The lowest BCUT2D eigenvalue weighted by Gasteiger charge is -2.16. The number of rotatable bonds is 6. The second-order valence-corrected chi connectivity index (χ2v) is 5.20. The first kappa shape index (κ1) is 18.2. The number of aliphatic imine (C=N–C) groups is 1. The number of halogens is 1. The van der Waals surface area contributed by atoms with Gasteiger partial charge in [-0.05, 0) is 45.0 Å². The monoisotopic (exact) mass is 406 g/mol. The molecule has 0 aromatic carbocycles. The molecule has 0 spiro atoms. The third-order valence-corrected chi connectivity index (χ3v) is 3.73. The van der Waals surface area contributed by atoms with Crippen LogP contribution < -0.4 is 10.6 Å². The van der Waals surface area contributed by atoms with Gasteiger partial charge >= 0.3 is 0 Å². The van der Waals surface area contributed by atoms with Gasteiger partial charge in [-0.15, -0.1) is 24.0 Å². The maximum atomic E-state index is 4.24. The van der Waals surface area contributed by atoms with Gasteiger partial charge in [0, 0.05) is 26.8 Å². The molecule has 0 aliphatic carbocycles. The Morgan fingerprint density at radius 3 is 2.71 bits per heavy atom. The summed E-state index contributed by atoms with van der Waals surface area (Å²) in [5.74, 6) is 0.854. The van der Waals surface area contributed by atoms with Crippen molar-refractivity contribution in [2.45, 2.75) is 25.8 Å². The Bertz CT molecular complexity index is 425. The van der Waals surface area contributed by atoms with Crippen molar-refractivity contribution >= 4 is 29.9 Å². The quantitative estimate of drug-likeness (QED) is 0.323. The number of nitrogens with zero attached hydrogens (tertiary/aromatic N) is 4. The Labute approximate surface area is 144 Å². The molecule has 6 nitrogen and oxygen atoms in total. The predicted molar refractivity (Wildman–Crippen MR) is 97.1 cm³/mol. The molecule has 1 saturated heterocycles. The van der Waals surface area contributed by atoms with Gasteiger partial charge in [0.1, 0.15) is 0 Å². The Morgan fingerprint density at radius 2 is 2.10 bits per heavy atom. The molecule has 0 bridgehead atoms. The molecule has 1 aliphatic heterocycles. The van der Waals surface area contributed by atoms with Gasteiger partial charge in [0.2, 0.25) is 0 Å². The van der Waals surface area contributed by atoms with Gasteiger partial charge in [-0.2, -0.15) is 5.10 Å². The van der Waals surface area contributed by atoms with Crippen LogP contribution in [0.4, 0.5) is 0 Å². The van der Waals surface area contributed by atoms with Crippen molar-refractivity contribution in [3.63, 3.8) is 0 Å². The number of hydrogen-bond acceptors (Lipinski definition) is 3. The fourth-order valence-electron chi connectivity index (χ4n) is 2.49. The Kier molecular flexibility index (Phi) is 8.67. The van der Waals surface area contributed by atoms with Crippen LogP contribution in [0.1, 0.15) is 25.0 Å². The van der Waals surface area contributed by atoms with Crippen molar-refractivity contribution < 1.29 is 0 Å². The lowest BCUT2D eigenvalue weighted by molar-refractivity contribution is 0.334. The average molecular weight is 406 g/mol. The molecule has 2 heterocycles. The molecule has 1 aromatic heterocycles.